The Balaban J connectivity index is 1.45. The molecule has 0 spiro atoms. The highest BCUT2D eigenvalue weighted by atomic mass is 19.2. The molecule has 2 aromatic carbocycles. The first-order chi connectivity index (χ1) is 15.3. The fraction of sp³-hybridized carbons (Fsp3) is 0.318. The molecule has 7 nitrogen and oxygen atoms in total. The zero-order valence-corrected chi connectivity index (χ0v) is 17.4. The van der Waals surface area contributed by atoms with Crippen LogP contribution in [0.2, 0.25) is 0 Å². The summed E-state index contributed by atoms with van der Waals surface area (Å²) in [6.07, 6.45) is -0.131. The van der Waals surface area contributed by atoms with Crippen molar-refractivity contribution in [3.8, 4) is 0 Å². The van der Waals surface area contributed by atoms with E-state index in [1.165, 1.54) is 29.2 Å². The molecule has 0 bridgehead atoms. The SMILES string of the molecule is CN(Cc1nc2ccc(F)cc2[nH]1)C(=O)C[C@H]1C(=O)NCCN1Cc1cccc(F)c1F. The molecule has 1 atom stereocenters. The molecule has 1 aromatic heterocycles. The summed E-state index contributed by atoms with van der Waals surface area (Å²) in [4.78, 5) is 35.7. The number of fused-ring (bicyclic) bond motifs is 1. The van der Waals surface area contributed by atoms with E-state index in [0.717, 1.165) is 6.07 Å². The van der Waals surface area contributed by atoms with E-state index in [9.17, 15) is 22.8 Å². The lowest BCUT2D eigenvalue weighted by Crippen LogP contribution is -2.56. The maximum atomic E-state index is 14.1. The number of carbonyl (C=O) groups is 2. The Labute approximate surface area is 182 Å². The van der Waals surface area contributed by atoms with Gasteiger partial charge in [-0.15, -0.1) is 0 Å². The Morgan fingerprint density at radius 1 is 1.25 bits per heavy atom. The van der Waals surface area contributed by atoms with Crippen molar-refractivity contribution in [3.63, 3.8) is 0 Å². The van der Waals surface area contributed by atoms with Crippen LogP contribution in [0.5, 0.6) is 0 Å². The molecule has 3 aromatic rings. The predicted octanol–water partition coefficient (Wildman–Crippen LogP) is 2.33. The Bertz CT molecular complexity index is 1170. The fourth-order valence-corrected chi connectivity index (χ4v) is 3.81. The lowest BCUT2D eigenvalue weighted by Gasteiger charge is -2.35. The fourth-order valence-electron chi connectivity index (χ4n) is 3.81. The van der Waals surface area contributed by atoms with E-state index < -0.39 is 23.5 Å². The average Bonchev–Trinajstić information content (AvgIpc) is 3.14. The number of rotatable bonds is 6. The van der Waals surface area contributed by atoms with Gasteiger partial charge in [0.05, 0.1) is 30.0 Å². The number of imidazole rings is 1. The molecule has 0 saturated carbocycles. The maximum Gasteiger partial charge on any atom is 0.237 e. The van der Waals surface area contributed by atoms with Crippen LogP contribution >= 0.6 is 0 Å². The second-order valence-corrected chi connectivity index (χ2v) is 7.79. The highest BCUT2D eigenvalue weighted by Gasteiger charge is 2.33. The Morgan fingerprint density at radius 3 is 2.88 bits per heavy atom. The van der Waals surface area contributed by atoms with Gasteiger partial charge in [-0.3, -0.25) is 14.5 Å². The number of nitrogens with one attached hydrogen (secondary N) is 2. The van der Waals surface area contributed by atoms with E-state index >= 15 is 0 Å². The number of piperazine rings is 1. The van der Waals surface area contributed by atoms with Crippen molar-refractivity contribution in [1.29, 1.82) is 0 Å². The van der Waals surface area contributed by atoms with Crippen molar-refractivity contribution in [1.82, 2.24) is 25.1 Å². The van der Waals surface area contributed by atoms with Crippen LogP contribution in [0.3, 0.4) is 0 Å². The normalized spacial score (nSPS) is 16.9. The van der Waals surface area contributed by atoms with Crippen LogP contribution in [0.25, 0.3) is 11.0 Å². The third-order valence-corrected chi connectivity index (χ3v) is 5.52. The van der Waals surface area contributed by atoms with Gasteiger partial charge in [-0.05, 0) is 24.3 Å². The van der Waals surface area contributed by atoms with Crippen LogP contribution in [-0.2, 0) is 22.7 Å². The summed E-state index contributed by atoms with van der Waals surface area (Å²) in [5.41, 5.74) is 1.23. The highest BCUT2D eigenvalue weighted by molar-refractivity contribution is 5.88. The van der Waals surface area contributed by atoms with Crippen LogP contribution in [0.15, 0.2) is 36.4 Å². The second-order valence-electron chi connectivity index (χ2n) is 7.79. The van der Waals surface area contributed by atoms with Crippen molar-refractivity contribution in [2.45, 2.75) is 25.6 Å². The van der Waals surface area contributed by atoms with Crippen LogP contribution in [0, 0.1) is 17.5 Å². The van der Waals surface area contributed by atoms with Gasteiger partial charge in [-0.25, -0.2) is 18.2 Å². The van der Waals surface area contributed by atoms with Gasteiger partial charge in [0.15, 0.2) is 11.6 Å². The summed E-state index contributed by atoms with van der Waals surface area (Å²) in [5, 5.41) is 2.72. The summed E-state index contributed by atoms with van der Waals surface area (Å²) in [7, 11) is 1.58. The molecule has 0 radical (unpaired) electrons. The Hall–Kier alpha value is -3.40. The molecule has 1 saturated heterocycles. The van der Waals surface area contributed by atoms with E-state index in [1.807, 2.05) is 0 Å². The van der Waals surface area contributed by atoms with E-state index in [4.69, 9.17) is 0 Å². The maximum absolute atomic E-state index is 14.1. The third kappa shape index (κ3) is 4.59. The molecular weight excluding hydrogens is 423 g/mol. The highest BCUT2D eigenvalue weighted by Crippen LogP contribution is 2.19. The van der Waals surface area contributed by atoms with E-state index in [1.54, 1.807) is 18.0 Å². The molecule has 2 N–H and O–H groups in total. The largest absolute Gasteiger partial charge is 0.353 e. The first kappa shape index (κ1) is 21.8. The molecule has 168 valence electrons. The molecule has 2 amide bonds. The number of H-pyrrole nitrogens is 1. The number of aromatic nitrogens is 2. The monoisotopic (exact) mass is 445 g/mol. The topological polar surface area (TPSA) is 81.3 Å². The Kier molecular flexibility index (Phi) is 6.13. The van der Waals surface area contributed by atoms with Crippen LogP contribution in [0.1, 0.15) is 17.8 Å². The van der Waals surface area contributed by atoms with Gasteiger partial charge < -0.3 is 15.2 Å². The molecule has 4 rings (SSSR count). The number of nitrogens with zero attached hydrogens (tertiary/aromatic N) is 3. The van der Waals surface area contributed by atoms with Gasteiger partial charge in [0.25, 0.3) is 0 Å². The van der Waals surface area contributed by atoms with Crippen molar-refractivity contribution < 1.29 is 22.8 Å². The summed E-state index contributed by atoms with van der Waals surface area (Å²) < 4.78 is 41.1. The first-order valence-corrected chi connectivity index (χ1v) is 10.1. The molecule has 0 aliphatic carbocycles. The smallest absolute Gasteiger partial charge is 0.237 e. The quantitative estimate of drug-likeness (QED) is 0.610. The lowest BCUT2D eigenvalue weighted by atomic mass is 10.1. The second kappa shape index (κ2) is 8.99. The number of halogens is 3. The van der Waals surface area contributed by atoms with Crippen molar-refractivity contribution in [2.75, 3.05) is 20.1 Å². The summed E-state index contributed by atoms with van der Waals surface area (Å²) >= 11 is 0. The standard InChI is InChI=1S/C22H22F3N5O2/c1-29(12-19-27-16-6-5-14(23)9-17(16)28-19)20(31)10-18-22(32)26-7-8-30(18)11-13-3-2-4-15(24)21(13)25/h2-6,9,18H,7-8,10-12H2,1H3,(H,26,32)(H,27,28)/t18-/m0/s1. The van der Waals surface area contributed by atoms with Gasteiger partial charge in [-0.2, -0.15) is 0 Å². The van der Waals surface area contributed by atoms with Crippen molar-refractivity contribution in [2.24, 2.45) is 0 Å². The van der Waals surface area contributed by atoms with Crippen LogP contribution < -0.4 is 5.32 Å². The number of aromatic amines is 1. The van der Waals surface area contributed by atoms with Gasteiger partial charge >= 0.3 is 0 Å². The molecule has 1 aliphatic heterocycles. The minimum Gasteiger partial charge on any atom is -0.353 e. The summed E-state index contributed by atoms with van der Waals surface area (Å²) in [5.74, 6) is -2.48. The van der Waals surface area contributed by atoms with Gasteiger partial charge in [0.2, 0.25) is 11.8 Å². The molecule has 1 fully saturated rings. The molecule has 2 heterocycles. The first-order valence-electron chi connectivity index (χ1n) is 10.1. The lowest BCUT2D eigenvalue weighted by molar-refractivity contribution is -0.138. The van der Waals surface area contributed by atoms with Crippen molar-refractivity contribution >= 4 is 22.8 Å². The Morgan fingerprint density at radius 2 is 2.06 bits per heavy atom. The average molecular weight is 445 g/mol. The molecule has 10 heteroatoms. The predicted molar refractivity (Wildman–Crippen MR) is 111 cm³/mol. The summed E-state index contributed by atoms with van der Waals surface area (Å²) in [6, 6.07) is 7.26. The van der Waals surface area contributed by atoms with Gasteiger partial charge in [-0.1, -0.05) is 12.1 Å². The van der Waals surface area contributed by atoms with Gasteiger partial charge in [0.1, 0.15) is 11.6 Å². The molecule has 32 heavy (non-hydrogen) atoms. The minimum absolute atomic E-state index is 0.00775. The molecule has 0 unspecified atom stereocenters. The van der Waals surface area contributed by atoms with Gasteiger partial charge in [0, 0.05) is 32.2 Å². The van der Waals surface area contributed by atoms with E-state index in [2.05, 4.69) is 15.3 Å². The summed E-state index contributed by atoms with van der Waals surface area (Å²) in [6.45, 7) is 0.903. The third-order valence-electron chi connectivity index (χ3n) is 5.52. The number of hydrogen-bond donors (Lipinski definition) is 2. The number of amides is 2. The van der Waals surface area contributed by atoms with Crippen LogP contribution in [0.4, 0.5) is 13.2 Å². The number of hydrogen-bond acceptors (Lipinski definition) is 4. The van der Waals surface area contributed by atoms with E-state index in [0.29, 0.717) is 29.9 Å². The zero-order valence-electron chi connectivity index (χ0n) is 17.4. The zero-order chi connectivity index (χ0) is 22.8. The molecular formula is C22H22F3N5O2. The van der Waals surface area contributed by atoms with E-state index in [-0.39, 0.29) is 36.9 Å². The number of benzene rings is 2. The molecule has 1 aliphatic rings. The van der Waals surface area contributed by atoms with Crippen molar-refractivity contribution in [3.05, 3.63) is 65.2 Å². The number of carbonyl (C=O) groups excluding carboxylic acids is 2. The van der Waals surface area contributed by atoms with Crippen LogP contribution in [-0.4, -0.2) is 57.8 Å². The minimum atomic E-state index is -0.956.